The first kappa shape index (κ1) is 16.4. The van der Waals surface area contributed by atoms with Crippen LogP contribution in [-0.2, 0) is 11.2 Å². The lowest BCUT2D eigenvalue weighted by molar-refractivity contribution is -0.131. The predicted molar refractivity (Wildman–Crippen MR) is 104 cm³/mol. The van der Waals surface area contributed by atoms with Gasteiger partial charge in [-0.25, -0.2) is 0 Å². The SMILES string of the molecule is Cc1ccc2[nH]c(C3CCN(C(=O)Cc4cccs4)CC3)c(C)c2c1. The van der Waals surface area contributed by atoms with Crippen LogP contribution < -0.4 is 0 Å². The number of likely N-dealkylation sites (tertiary alicyclic amines) is 1. The molecule has 0 saturated carbocycles. The third-order valence-electron chi connectivity index (χ3n) is 5.41. The summed E-state index contributed by atoms with van der Waals surface area (Å²) in [7, 11) is 0. The van der Waals surface area contributed by atoms with Crippen LogP contribution in [0.1, 0.15) is 40.5 Å². The summed E-state index contributed by atoms with van der Waals surface area (Å²) in [6.45, 7) is 6.09. The largest absolute Gasteiger partial charge is 0.358 e. The number of nitrogens with zero attached hydrogens (tertiary/aromatic N) is 1. The summed E-state index contributed by atoms with van der Waals surface area (Å²) >= 11 is 1.67. The standard InChI is InChI=1S/C21H24N2OS/c1-14-5-6-19-18(12-14)15(2)21(22-19)16-7-9-23(10-8-16)20(24)13-17-4-3-11-25-17/h3-6,11-12,16,22H,7-10,13H2,1-2H3. The molecule has 3 heterocycles. The molecule has 1 aromatic carbocycles. The molecule has 0 aliphatic carbocycles. The summed E-state index contributed by atoms with van der Waals surface area (Å²) in [4.78, 5) is 19.3. The number of aromatic nitrogens is 1. The van der Waals surface area contributed by atoms with Crippen LogP contribution in [0.25, 0.3) is 10.9 Å². The number of hydrogen-bond donors (Lipinski definition) is 1. The quantitative estimate of drug-likeness (QED) is 0.722. The molecule has 1 saturated heterocycles. The molecular weight excluding hydrogens is 328 g/mol. The van der Waals surface area contributed by atoms with Crippen LogP contribution >= 0.6 is 11.3 Å². The van der Waals surface area contributed by atoms with Crippen molar-refractivity contribution in [1.82, 2.24) is 9.88 Å². The average Bonchev–Trinajstić information content (AvgIpc) is 3.23. The number of aromatic amines is 1. The number of fused-ring (bicyclic) bond motifs is 1. The second-order valence-corrected chi connectivity index (χ2v) is 8.16. The van der Waals surface area contributed by atoms with E-state index in [0.717, 1.165) is 30.8 Å². The molecule has 1 aliphatic rings. The molecule has 25 heavy (non-hydrogen) atoms. The zero-order valence-electron chi connectivity index (χ0n) is 14.8. The van der Waals surface area contributed by atoms with Crippen LogP contribution in [0.15, 0.2) is 35.7 Å². The Kier molecular flexibility index (Phi) is 4.38. The Balaban J connectivity index is 1.45. The molecule has 2 aromatic heterocycles. The van der Waals surface area contributed by atoms with Crippen LogP contribution in [0.3, 0.4) is 0 Å². The van der Waals surface area contributed by atoms with Gasteiger partial charge < -0.3 is 9.88 Å². The molecule has 3 nitrogen and oxygen atoms in total. The molecule has 4 heteroatoms. The topological polar surface area (TPSA) is 36.1 Å². The van der Waals surface area contributed by atoms with Gasteiger partial charge >= 0.3 is 0 Å². The molecular formula is C21H24N2OS. The molecule has 1 aliphatic heterocycles. The first-order chi connectivity index (χ1) is 12.1. The van der Waals surface area contributed by atoms with Crippen molar-refractivity contribution in [2.75, 3.05) is 13.1 Å². The molecule has 3 aromatic rings. The summed E-state index contributed by atoms with van der Waals surface area (Å²) < 4.78 is 0. The second-order valence-electron chi connectivity index (χ2n) is 7.12. The maximum atomic E-state index is 12.5. The van der Waals surface area contributed by atoms with E-state index in [2.05, 4.69) is 37.0 Å². The minimum absolute atomic E-state index is 0.268. The fourth-order valence-electron chi connectivity index (χ4n) is 3.96. The Morgan fingerprint density at radius 3 is 2.76 bits per heavy atom. The summed E-state index contributed by atoms with van der Waals surface area (Å²) in [5.74, 6) is 0.795. The fourth-order valence-corrected chi connectivity index (χ4v) is 4.66. The van der Waals surface area contributed by atoms with E-state index in [1.54, 1.807) is 11.3 Å². The van der Waals surface area contributed by atoms with Crippen molar-refractivity contribution in [3.8, 4) is 0 Å². The Morgan fingerprint density at radius 2 is 2.04 bits per heavy atom. The lowest BCUT2D eigenvalue weighted by Gasteiger charge is -2.32. The number of carbonyl (C=O) groups is 1. The van der Waals surface area contributed by atoms with E-state index >= 15 is 0 Å². The highest BCUT2D eigenvalue weighted by atomic mass is 32.1. The summed E-state index contributed by atoms with van der Waals surface area (Å²) in [6.07, 6.45) is 2.64. The van der Waals surface area contributed by atoms with Crippen molar-refractivity contribution in [3.63, 3.8) is 0 Å². The Labute approximate surface area is 152 Å². The smallest absolute Gasteiger partial charge is 0.227 e. The van der Waals surface area contributed by atoms with Crippen molar-refractivity contribution in [1.29, 1.82) is 0 Å². The van der Waals surface area contributed by atoms with Crippen molar-refractivity contribution in [3.05, 3.63) is 57.4 Å². The molecule has 0 unspecified atom stereocenters. The zero-order chi connectivity index (χ0) is 17.4. The first-order valence-electron chi connectivity index (χ1n) is 9.01. The Bertz CT molecular complexity index is 886. The van der Waals surface area contributed by atoms with Crippen LogP contribution in [-0.4, -0.2) is 28.9 Å². The maximum absolute atomic E-state index is 12.5. The van der Waals surface area contributed by atoms with Crippen LogP contribution in [0, 0.1) is 13.8 Å². The first-order valence-corrected chi connectivity index (χ1v) is 9.89. The van der Waals surface area contributed by atoms with E-state index in [4.69, 9.17) is 0 Å². The van der Waals surface area contributed by atoms with Crippen LogP contribution in [0.4, 0.5) is 0 Å². The minimum Gasteiger partial charge on any atom is -0.358 e. The van der Waals surface area contributed by atoms with Gasteiger partial charge in [-0.3, -0.25) is 4.79 Å². The van der Waals surface area contributed by atoms with Crippen molar-refractivity contribution in [2.45, 2.75) is 39.0 Å². The number of H-pyrrole nitrogens is 1. The van der Waals surface area contributed by atoms with Crippen LogP contribution in [0.2, 0.25) is 0 Å². The third-order valence-corrected chi connectivity index (χ3v) is 6.29. The molecule has 4 rings (SSSR count). The lowest BCUT2D eigenvalue weighted by atomic mass is 9.91. The van der Waals surface area contributed by atoms with Gasteiger partial charge in [-0.05, 0) is 55.8 Å². The van der Waals surface area contributed by atoms with Crippen molar-refractivity contribution >= 4 is 28.1 Å². The van der Waals surface area contributed by atoms with E-state index in [9.17, 15) is 4.79 Å². The monoisotopic (exact) mass is 352 g/mol. The average molecular weight is 353 g/mol. The second kappa shape index (κ2) is 6.68. The van der Waals surface area contributed by atoms with Gasteiger partial charge in [0, 0.05) is 40.5 Å². The molecule has 0 bridgehead atoms. The summed E-state index contributed by atoms with van der Waals surface area (Å²) in [5.41, 5.74) is 5.28. The zero-order valence-corrected chi connectivity index (χ0v) is 15.7. The molecule has 0 radical (unpaired) electrons. The van der Waals surface area contributed by atoms with Gasteiger partial charge in [-0.2, -0.15) is 0 Å². The molecule has 130 valence electrons. The highest BCUT2D eigenvalue weighted by Crippen LogP contribution is 2.34. The highest BCUT2D eigenvalue weighted by molar-refractivity contribution is 7.10. The van der Waals surface area contributed by atoms with Crippen molar-refractivity contribution < 1.29 is 4.79 Å². The molecule has 0 atom stereocenters. The number of aryl methyl sites for hydroxylation is 2. The number of carbonyl (C=O) groups excluding carboxylic acids is 1. The number of amides is 1. The Hall–Kier alpha value is -2.07. The fraction of sp³-hybridized carbons (Fsp3) is 0.381. The predicted octanol–water partition coefficient (Wildman–Crippen LogP) is 4.79. The number of piperidine rings is 1. The number of hydrogen-bond acceptors (Lipinski definition) is 2. The highest BCUT2D eigenvalue weighted by Gasteiger charge is 2.26. The van der Waals surface area contributed by atoms with Crippen LogP contribution in [0.5, 0.6) is 0 Å². The number of rotatable bonds is 3. The maximum Gasteiger partial charge on any atom is 0.227 e. The van der Waals surface area contributed by atoms with Gasteiger partial charge in [0.25, 0.3) is 0 Å². The molecule has 0 spiro atoms. The third kappa shape index (κ3) is 3.23. The Morgan fingerprint density at radius 1 is 1.24 bits per heavy atom. The minimum atomic E-state index is 0.268. The summed E-state index contributed by atoms with van der Waals surface area (Å²) in [5, 5.41) is 3.38. The van der Waals surface area contributed by atoms with Gasteiger partial charge in [0.1, 0.15) is 0 Å². The van der Waals surface area contributed by atoms with E-state index in [1.165, 1.54) is 27.7 Å². The van der Waals surface area contributed by atoms with E-state index in [-0.39, 0.29) is 5.91 Å². The lowest BCUT2D eigenvalue weighted by Crippen LogP contribution is -2.38. The van der Waals surface area contributed by atoms with Gasteiger partial charge in [-0.1, -0.05) is 17.7 Å². The van der Waals surface area contributed by atoms with Gasteiger partial charge in [0.05, 0.1) is 6.42 Å². The van der Waals surface area contributed by atoms with Gasteiger partial charge in [-0.15, -0.1) is 11.3 Å². The van der Waals surface area contributed by atoms with E-state index in [1.807, 2.05) is 22.4 Å². The van der Waals surface area contributed by atoms with Crippen molar-refractivity contribution in [2.24, 2.45) is 0 Å². The molecule has 1 amide bonds. The molecule has 1 fully saturated rings. The molecule has 1 N–H and O–H groups in total. The number of nitrogens with one attached hydrogen (secondary N) is 1. The van der Waals surface area contributed by atoms with Gasteiger partial charge in [0.15, 0.2) is 0 Å². The summed E-state index contributed by atoms with van der Waals surface area (Å²) in [6, 6.07) is 10.7. The van der Waals surface area contributed by atoms with E-state index < -0.39 is 0 Å². The number of benzene rings is 1. The normalized spacial score (nSPS) is 15.8. The van der Waals surface area contributed by atoms with E-state index in [0.29, 0.717) is 12.3 Å². The van der Waals surface area contributed by atoms with Gasteiger partial charge in [0.2, 0.25) is 5.91 Å². The number of thiophene rings is 1.